The average molecular weight is 284 g/mol. The predicted molar refractivity (Wildman–Crippen MR) is 70.8 cm³/mol. The minimum atomic E-state index is -0.967. The van der Waals surface area contributed by atoms with Gasteiger partial charge in [-0.05, 0) is 25.0 Å². The van der Waals surface area contributed by atoms with Gasteiger partial charge in [0, 0.05) is 6.07 Å². The molecule has 1 aromatic rings. The lowest BCUT2D eigenvalue weighted by atomic mass is 9.82. The van der Waals surface area contributed by atoms with E-state index in [1.165, 1.54) is 6.07 Å². The van der Waals surface area contributed by atoms with E-state index in [2.05, 4.69) is 10.9 Å². The molecule has 0 spiro atoms. The van der Waals surface area contributed by atoms with E-state index in [4.69, 9.17) is 0 Å². The van der Waals surface area contributed by atoms with Crippen LogP contribution in [0.5, 0.6) is 0 Å². The Balaban J connectivity index is 1.85. The van der Waals surface area contributed by atoms with Gasteiger partial charge >= 0.3 is 0 Å². The highest BCUT2D eigenvalue weighted by Crippen LogP contribution is 2.30. The van der Waals surface area contributed by atoms with Gasteiger partial charge in [-0.1, -0.05) is 19.3 Å². The molecule has 0 unspecified atom stereocenters. The van der Waals surface area contributed by atoms with Gasteiger partial charge in [0.15, 0.2) is 5.82 Å². The van der Waals surface area contributed by atoms with E-state index in [0.29, 0.717) is 12.8 Å². The highest BCUT2D eigenvalue weighted by Gasteiger charge is 2.31. The van der Waals surface area contributed by atoms with Gasteiger partial charge in [-0.25, -0.2) is 8.78 Å². The van der Waals surface area contributed by atoms with Gasteiger partial charge < -0.3 is 5.11 Å². The van der Waals surface area contributed by atoms with Crippen molar-refractivity contribution in [3.63, 3.8) is 0 Å². The van der Waals surface area contributed by atoms with Crippen molar-refractivity contribution in [2.24, 2.45) is 0 Å². The Kier molecular flexibility index (Phi) is 4.54. The summed E-state index contributed by atoms with van der Waals surface area (Å²) in [5, 5.41) is 10.2. The first-order valence-corrected chi connectivity index (χ1v) is 6.71. The number of hydrogen-bond acceptors (Lipinski definition) is 3. The van der Waals surface area contributed by atoms with E-state index in [0.717, 1.165) is 31.4 Å². The summed E-state index contributed by atoms with van der Waals surface area (Å²) in [5.41, 5.74) is 3.73. The first-order valence-electron chi connectivity index (χ1n) is 6.71. The Bertz CT molecular complexity index is 488. The first-order chi connectivity index (χ1) is 9.48. The number of halogens is 2. The molecule has 1 amide bonds. The van der Waals surface area contributed by atoms with Crippen LogP contribution in [0.3, 0.4) is 0 Å². The number of hydrogen-bond donors (Lipinski definition) is 3. The fourth-order valence-corrected chi connectivity index (χ4v) is 2.46. The number of aliphatic hydroxyl groups is 1. The lowest BCUT2D eigenvalue weighted by Crippen LogP contribution is -2.40. The molecule has 4 nitrogen and oxygen atoms in total. The van der Waals surface area contributed by atoms with E-state index in [-0.39, 0.29) is 12.1 Å². The SMILES string of the molecule is O=C(CC1(O)CCCCC1)NNc1ccc(F)cc1F. The van der Waals surface area contributed by atoms with Crippen LogP contribution >= 0.6 is 0 Å². The quantitative estimate of drug-likeness (QED) is 0.744. The zero-order valence-electron chi connectivity index (χ0n) is 11.1. The molecule has 0 aromatic heterocycles. The Morgan fingerprint density at radius 2 is 1.95 bits per heavy atom. The van der Waals surface area contributed by atoms with Crippen molar-refractivity contribution < 1.29 is 18.7 Å². The van der Waals surface area contributed by atoms with Crippen molar-refractivity contribution >= 4 is 11.6 Å². The molecule has 0 bridgehead atoms. The molecule has 1 aliphatic carbocycles. The maximum absolute atomic E-state index is 13.3. The molecule has 110 valence electrons. The van der Waals surface area contributed by atoms with Crippen LogP contribution in [-0.4, -0.2) is 16.6 Å². The largest absolute Gasteiger partial charge is 0.389 e. The van der Waals surface area contributed by atoms with Crippen molar-refractivity contribution in [1.29, 1.82) is 0 Å². The van der Waals surface area contributed by atoms with Gasteiger partial charge in [0.1, 0.15) is 5.82 Å². The third kappa shape index (κ3) is 3.90. The molecule has 20 heavy (non-hydrogen) atoms. The number of anilines is 1. The molecule has 0 saturated heterocycles. The second-order valence-electron chi connectivity index (χ2n) is 5.26. The molecule has 2 rings (SSSR count). The van der Waals surface area contributed by atoms with Gasteiger partial charge in [0.2, 0.25) is 5.91 Å². The lowest BCUT2D eigenvalue weighted by Gasteiger charge is -2.31. The summed E-state index contributed by atoms with van der Waals surface area (Å²) in [6.45, 7) is 0. The lowest BCUT2D eigenvalue weighted by molar-refractivity contribution is -0.126. The van der Waals surface area contributed by atoms with Crippen LogP contribution in [0.2, 0.25) is 0 Å². The van der Waals surface area contributed by atoms with Crippen LogP contribution in [0, 0.1) is 11.6 Å². The highest BCUT2D eigenvalue weighted by molar-refractivity contribution is 5.78. The Hall–Kier alpha value is -1.69. The average Bonchev–Trinajstić information content (AvgIpc) is 2.38. The van der Waals surface area contributed by atoms with Gasteiger partial charge in [0.25, 0.3) is 0 Å². The molecule has 6 heteroatoms. The van der Waals surface area contributed by atoms with Crippen LogP contribution in [0.15, 0.2) is 18.2 Å². The molecule has 0 aliphatic heterocycles. The van der Waals surface area contributed by atoms with Gasteiger partial charge in [-0.2, -0.15) is 0 Å². The van der Waals surface area contributed by atoms with Crippen molar-refractivity contribution in [3.05, 3.63) is 29.8 Å². The van der Waals surface area contributed by atoms with Gasteiger partial charge in [-0.3, -0.25) is 15.6 Å². The zero-order chi connectivity index (χ0) is 14.6. The summed E-state index contributed by atoms with van der Waals surface area (Å²) in [4.78, 5) is 11.7. The van der Waals surface area contributed by atoms with Gasteiger partial charge in [-0.15, -0.1) is 0 Å². The molecule has 3 N–H and O–H groups in total. The summed E-state index contributed by atoms with van der Waals surface area (Å²) in [5.74, 6) is -1.89. The molecule has 0 atom stereocenters. The topological polar surface area (TPSA) is 61.4 Å². The third-order valence-corrected chi connectivity index (χ3v) is 3.54. The van der Waals surface area contributed by atoms with E-state index < -0.39 is 23.1 Å². The molecule has 0 heterocycles. The number of carbonyl (C=O) groups excluding carboxylic acids is 1. The van der Waals surface area contributed by atoms with Crippen molar-refractivity contribution in [3.8, 4) is 0 Å². The number of nitrogens with one attached hydrogen (secondary N) is 2. The van der Waals surface area contributed by atoms with Crippen LogP contribution in [0.1, 0.15) is 38.5 Å². The fraction of sp³-hybridized carbons (Fsp3) is 0.500. The number of carbonyl (C=O) groups is 1. The van der Waals surface area contributed by atoms with Crippen molar-refractivity contribution in [2.45, 2.75) is 44.1 Å². The fourth-order valence-electron chi connectivity index (χ4n) is 2.46. The molecular formula is C14H18F2N2O2. The maximum Gasteiger partial charge on any atom is 0.241 e. The summed E-state index contributed by atoms with van der Waals surface area (Å²) >= 11 is 0. The second-order valence-corrected chi connectivity index (χ2v) is 5.26. The molecule has 1 aromatic carbocycles. The Labute approximate surface area is 116 Å². The first kappa shape index (κ1) is 14.7. The minimum absolute atomic E-state index is 0.0182. The maximum atomic E-state index is 13.3. The molecular weight excluding hydrogens is 266 g/mol. The molecule has 1 saturated carbocycles. The molecule has 1 fully saturated rings. The van der Waals surface area contributed by atoms with E-state index >= 15 is 0 Å². The van der Waals surface area contributed by atoms with E-state index in [9.17, 15) is 18.7 Å². The van der Waals surface area contributed by atoms with E-state index in [1.54, 1.807) is 0 Å². The van der Waals surface area contributed by atoms with Crippen LogP contribution < -0.4 is 10.9 Å². The summed E-state index contributed by atoms with van der Waals surface area (Å²) in [6, 6.07) is 3.01. The summed E-state index contributed by atoms with van der Waals surface area (Å²) in [6.07, 6.45) is 4.07. The van der Waals surface area contributed by atoms with Crippen molar-refractivity contribution in [1.82, 2.24) is 5.43 Å². The number of rotatable bonds is 4. The minimum Gasteiger partial charge on any atom is -0.389 e. The second kappa shape index (κ2) is 6.17. The summed E-state index contributed by atoms with van der Waals surface area (Å²) < 4.78 is 26.0. The number of benzene rings is 1. The van der Waals surface area contributed by atoms with Crippen molar-refractivity contribution in [2.75, 3.05) is 5.43 Å². The zero-order valence-corrected chi connectivity index (χ0v) is 11.1. The van der Waals surface area contributed by atoms with Gasteiger partial charge in [0.05, 0.1) is 17.7 Å². The smallest absolute Gasteiger partial charge is 0.241 e. The van der Waals surface area contributed by atoms with Crippen LogP contribution in [0.4, 0.5) is 14.5 Å². The predicted octanol–water partition coefficient (Wildman–Crippen LogP) is 2.49. The molecule has 1 aliphatic rings. The third-order valence-electron chi connectivity index (χ3n) is 3.54. The standard InChI is InChI=1S/C14H18F2N2O2/c15-10-4-5-12(11(16)8-10)17-18-13(19)9-14(20)6-2-1-3-7-14/h4-5,8,17,20H,1-3,6-7,9H2,(H,18,19). The monoisotopic (exact) mass is 284 g/mol. The number of hydrazine groups is 1. The Morgan fingerprint density at radius 3 is 2.60 bits per heavy atom. The van der Waals surface area contributed by atoms with Crippen LogP contribution in [0.25, 0.3) is 0 Å². The van der Waals surface area contributed by atoms with E-state index in [1.807, 2.05) is 0 Å². The Morgan fingerprint density at radius 1 is 1.25 bits per heavy atom. The normalized spacial score (nSPS) is 17.6. The van der Waals surface area contributed by atoms with Crippen LogP contribution in [-0.2, 0) is 4.79 Å². The highest BCUT2D eigenvalue weighted by atomic mass is 19.1. The number of amides is 1. The molecule has 0 radical (unpaired) electrons. The summed E-state index contributed by atoms with van der Waals surface area (Å²) in [7, 11) is 0.